The first kappa shape index (κ1) is 16.2. The highest BCUT2D eigenvalue weighted by atomic mass is 16.5. The van der Waals surface area contributed by atoms with Gasteiger partial charge in [0.15, 0.2) is 0 Å². The van der Waals surface area contributed by atoms with E-state index in [1.807, 2.05) is 42.5 Å². The van der Waals surface area contributed by atoms with Crippen molar-refractivity contribution < 1.29 is 9.53 Å². The average molecular weight is 272 g/mol. The molecule has 0 radical (unpaired) electrons. The minimum absolute atomic E-state index is 0.161. The first-order chi connectivity index (χ1) is 9.53. The third-order valence-corrected chi connectivity index (χ3v) is 3.21. The van der Waals surface area contributed by atoms with Crippen molar-refractivity contribution >= 4 is 5.97 Å². The van der Waals surface area contributed by atoms with Crippen molar-refractivity contribution in [2.75, 3.05) is 6.61 Å². The first-order valence-corrected chi connectivity index (χ1v) is 7.02. The monoisotopic (exact) mass is 272 g/mol. The predicted octanol–water partition coefficient (Wildman–Crippen LogP) is 4.32. The number of esters is 1. The number of rotatable bonds is 8. The number of allylic oxidation sites excluding steroid dienone is 2. The Balaban J connectivity index is 2.17. The number of carbonyl (C=O) groups is 1. The van der Waals surface area contributed by atoms with Gasteiger partial charge in [-0.25, -0.2) is 0 Å². The van der Waals surface area contributed by atoms with Crippen LogP contribution in [0.4, 0.5) is 0 Å². The summed E-state index contributed by atoms with van der Waals surface area (Å²) in [6.45, 7) is 8.49. The van der Waals surface area contributed by atoms with Crippen LogP contribution in [0.25, 0.3) is 0 Å². The summed E-state index contributed by atoms with van der Waals surface area (Å²) in [5, 5.41) is 0. The Hall–Kier alpha value is -1.83. The highest BCUT2D eigenvalue weighted by Crippen LogP contribution is 2.23. The average Bonchev–Trinajstić information content (AvgIpc) is 2.44. The smallest absolute Gasteiger partial charge is 0.310 e. The van der Waals surface area contributed by atoms with E-state index in [2.05, 4.69) is 26.5 Å². The maximum atomic E-state index is 11.6. The van der Waals surface area contributed by atoms with Crippen LogP contribution in [-0.2, 0) is 16.0 Å². The zero-order valence-electron chi connectivity index (χ0n) is 12.5. The van der Waals surface area contributed by atoms with E-state index >= 15 is 0 Å². The molecule has 0 aliphatic carbocycles. The second-order valence-electron chi connectivity index (χ2n) is 5.55. The Kier molecular flexibility index (Phi) is 6.78. The summed E-state index contributed by atoms with van der Waals surface area (Å²) in [6.07, 6.45) is 8.28. The Bertz CT molecular complexity index is 444. The van der Waals surface area contributed by atoms with E-state index in [1.54, 1.807) is 0 Å². The van der Waals surface area contributed by atoms with Crippen LogP contribution in [-0.4, -0.2) is 12.6 Å². The van der Waals surface area contributed by atoms with E-state index in [1.165, 1.54) is 0 Å². The van der Waals surface area contributed by atoms with E-state index in [9.17, 15) is 4.79 Å². The topological polar surface area (TPSA) is 26.3 Å². The molecule has 0 saturated heterocycles. The van der Waals surface area contributed by atoms with Crippen molar-refractivity contribution in [3.63, 3.8) is 0 Å². The van der Waals surface area contributed by atoms with E-state index in [-0.39, 0.29) is 11.4 Å². The molecule has 0 N–H and O–H groups in total. The Morgan fingerprint density at radius 3 is 2.60 bits per heavy atom. The molecule has 0 amide bonds. The highest BCUT2D eigenvalue weighted by Gasteiger charge is 2.10. The van der Waals surface area contributed by atoms with Gasteiger partial charge < -0.3 is 4.74 Å². The molecular formula is C18H24O2. The molecule has 1 aromatic carbocycles. The fourth-order valence-corrected chi connectivity index (χ4v) is 1.70. The molecule has 0 saturated carbocycles. The quantitative estimate of drug-likeness (QED) is 0.520. The molecule has 1 rings (SSSR count). The number of ether oxygens (including phenoxy) is 1. The molecule has 0 atom stereocenters. The molecule has 2 nitrogen and oxygen atoms in total. The number of carbonyl (C=O) groups excluding carboxylic acids is 1. The molecule has 0 aliphatic heterocycles. The molecule has 2 heteroatoms. The van der Waals surface area contributed by atoms with Crippen LogP contribution in [0.3, 0.4) is 0 Å². The molecular weight excluding hydrogens is 248 g/mol. The van der Waals surface area contributed by atoms with Gasteiger partial charge in [0.2, 0.25) is 0 Å². The van der Waals surface area contributed by atoms with Gasteiger partial charge in [0.25, 0.3) is 0 Å². The van der Waals surface area contributed by atoms with E-state index < -0.39 is 0 Å². The Morgan fingerprint density at radius 1 is 1.25 bits per heavy atom. The second-order valence-corrected chi connectivity index (χ2v) is 5.55. The molecule has 0 aliphatic rings. The summed E-state index contributed by atoms with van der Waals surface area (Å²) in [6, 6.07) is 9.62. The SMILES string of the molecule is C=CC(C)(C)CC/C=C/COC(=O)Cc1ccccc1. The number of hydrogen-bond donors (Lipinski definition) is 0. The summed E-state index contributed by atoms with van der Waals surface area (Å²) in [5.41, 5.74) is 1.14. The van der Waals surface area contributed by atoms with Crippen LogP contribution in [0.15, 0.2) is 55.1 Å². The molecule has 1 aromatic rings. The standard InChI is InChI=1S/C18H24O2/c1-4-18(2,3)13-9-6-10-14-20-17(19)15-16-11-7-5-8-12-16/h4-8,10-12H,1,9,13-15H2,2-3H3/b10-6+. The molecule has 108 valence electrons. The third kappa shape index (κ3) is 6.93. The normalized spacial score (nSPS) is 11.5. The van der Waals surface area contributed by atoms with Crippen LogP contribution in [0.5, 0.6) is 0 Å². The zero-order chi connectivity index (χ0) is 14.8. The van der Waals surface area contributed by atoms with E-state index in [4.69, 9.17) is 4.74 Å². The van der Waals surface area contributed by atoms with Gasteiger partial charge >= 0.3 is 5.97 Å². The summed E-state index contributed by atoms with van der Waals surface area (Å²) in [5.74, 6) is -0.188. The summed E-state index contributed by atoms with van der Waals surface area (Å²) < 4.78 is 5.16. The van der Waals surface area contributed by atoms with Crippen LogP contribution < -0.4 is 0 Å². The van der Waals surface area contributed by atoms with Crippen molar-refractivity contribution in [3.8, 4) is 0 Å². The fourth-order valence-electron chi connectivity index (χ4n) is 1.70. The largest absolute Gasteiger partial charge is 0.461 e. The molecule has 0 bridgehead atoms. The van der Waals surface area contributed by atoms with Gasteiger partial charge in [-0.05, 0) is 23.8 Å². The van der Waals surface area contributed by atoms with Crippen molar-refractivity contribution in [2.45, 2.75) is 33.1 Å². The molecule has 0 heterocycles. The molecule has 0 fully saturated rings. The number of hydrogen-bond acceptors (Lipinski definition) is 2. The van der Waals surface area contributed by atoms with Gasteiger partial charge in [-0.1, -0.05) is 62.4 Å². The maximum absolute atomic E-state index is 11.6. The van der Waals surface area contributed by atoms with Crippen LogP contribution in [0.1, 0.15) is 32.3 Å². The predicted molar refractivity (Wildman–Crippen MR) is 83.5 cm³/mol. The lowest BCUT2D eigenvalue weighted by atomic mass is 9.88. The van der Waals surface area contributed by atoms with Gasteiger partial charge in [-0.2, -0.15) is 0 Å². The van der Waals surface area contributed by atoms with Gasteiger partial charge in [-0.15, -0.1) is 6.58 Å². The Morgan fingerprint density at radius 2 is 1.95 bits per heavy atom. The van der Waals surface area contributed by atoms with Gasteiger partial charge in [-0.3, -0.25) is 4.79 Å². The summed E-state index contributed by atoms with van der Waals surface area (Å²) >= 11 is 0. The fraction of sp³-hybridized carbons (Fsp3) is 0.389. The lowest BCUT2D eigenvalue weighted by Crippen LogP contribution is -2.08. The van der Waals surface area contributed by atoms with Gasteiger partial charge in [0.05, 0.1) is 6.42 Å². The Labute approximate surface area is 122 Å². The van der Waals surface area contributed by atoms with E-state index in [0.29, 0.717) is 13.0 Å². The summed E-state index contributed by atoms with van der Waals surface area (Å²) in [7, 11) is 0. The minimum atomic E-state index is -0.188. The lowest BCUT2D eigenvalue weighted by molar-refractivity contribution is -0.141. The molecule has 0 unspecified atom stereocenters. The van der Waals surface area contributed by atoms with E-state index in [0.717, 1.165) is 18.4 Å². The second kappa shape index (κ2) is 8.36. The number of benzene rings is 1. The first-order valence-electron chi connectivity index (χ1n) is 7.02. The highest BCUT2D eigenvalue weighted by molar-refractivity contribution is 5.72. The van der Waals surface area contributed by atoms with Crippen molar-refractivity contribution in [2.24, 2.45) is 5.41 Å². The van der Waals surface area contributed by atoms with Gasteiger partial charge in [0.1, 0.15) is 6.61 Å². The lowest BCUT2D eigenvalue weighted by Gasteiger charge is -2.17. The molecule has 20 heavy (non-hydrogen) atoms. The minimum Gasteiger partial charge on any atom is -0.461 e. The van der Waals surface area contributed by atoms with Crippen molar-refractivity contribution in [1.82, 2.24) is 0 Å². The van der Waals surface area contributed by atoms with Crippen molar-refractivity contribution in [1.29, 1.82) is 0 Å². The van der Waals surface area contributed by atoms with Crippen LogP contribution >= 0.6 is 0 Å². The molecule has 0 aromatic heterocycles. The van der Waals surface area contributed by atoms with Crippen LogP contribution in [0.2, 0.25) is 0 Å². The van der Waals surface area contributed by atoms with Crippen LogP contribution in [0, 0.1) is 5.41 Å². The zero-order valence-corrected chi connectivity index (χ0v) is 12.5. The third-order valence-electron chi connectivity index (χ3n) is 3.21. The summed E-state index contributed by atoms with van der Waals surface area (Å²) in [4.78, 5) is 11.6. The molecule has 0 spiro atoms. The maximum Gasteiger partial charge on any atom is 0.310 e. The van der Waals surface area contributed by atoms with Crippen molar-refractivity contribution in [3.05, 3.63) is 60.7 Å². The van der Waals surface area contributed by atoms with Gasteiger partial charge in [0, 0.05) is 0 Å².